The molecule has 7 nitrogen and oxygen atoms in total. The molecule has 0 bridgehead atoms. The smallest absolute Gasteiger partial charge is 0.250 e. The molecular weight excluding hydrogens is 254 g/mol. The Morgan fingerprint density at radius 2 is 1.30 bits per heavy atom. The lowest BCUT2D eigenvalue weighted by Gasteiger charge is -2.05. The molecule has 7 heteroatoms. The first kappa shape index (κ1) is 12.5. The molecular formula is C13H17N7+2. The molecule has 0 saturated heterocycles. The van der Waals surface area contributed by atoms with Crippen molar-refractivity contribution in [1.82, 2.24) is 24.3 Å². The van der Waals surface area contributed by atoms with Crippen molar-refractivity contribution in [2.24, 2.45) is 14.1 Å². The van der Waals surface area contributed by atoms with Gasteiger partial charge in [-0.3, -0.25) is 0 Å². The average Bonchev–Trinajstić information content (AvgIpc) is 2.99. The number of aromatic nitrogens is 7. The summed E-state index contributed by atoms with van der Waals surface area (Å²) in [6.07, 6.45) is 7.38. The Labute approximate surface area is 116 Å². The highest BCUT2D eigenvalue weighted by Gasteiger charge is 2.17. The number of nitrogens with zero attached hydrogens (tertiary/aromatic N) is 7. The van der Waals surface area contributed by atoms with E-state index in [1.807, 2.05) is 49.7 Å². The van der Waals surface area contributed by atoms with Gasteiger partial charge in [0.25, 0.3) is 12.7 Å². The summed E-state index contributed by atoms with van der Waals surface area (Å²) in [6.45, 7) is 4.00. The zero-order valence-electron chi connectivity index (χ0n) is 12.0. The van der Waals surface area contributed by atoms with Gasteiger partial charge in [0.1, 0.15) is 14.1 Å². The van der Waals surface area contributed by atoms with Gasteiger partial charge in [-0.2, -0.15) is 9.13 Å². The van der Waals surface area contributed by atoms with Crippen molar-refractivity contribution in [3.63, 3.8) is 0 Å². The van der Waals surface area contributed by atoms with Crippen LogP contribution in [0.2, 0.25) is 0 Å². The first-order valence-electron chi connectivity index (χ1n) is 6.33. The summed E-state index contributed by atoms with van der Waals surface area (Å²) in [5.41, 5.74) is 3.95. The lowest BCUT2D eigenvalue weighted by Crippen LogP contribution is -2.28. The van der Waals surface area contributed by atoms with Crippen LogP contribution in [-0.4, -0.2) is 24.3 Å². The van der Waals surface area contributed by atoms with Gasteiger partial charge < -0.3 is 0 Å². The maximum absolute atomic E-state index is 4.63. The lowest BCUT2D eigenvalue weighted by atomic mass is 10.2. The molecule has 20 heavy (non-hydrogen) atoms. The molecule has 0 aliphatic rings. The molecule has 0 aliphatic heterocycles. The van der Waals surface area contributed by atoms with E-state index >= 15 is 0 Å². The maximum atomic E-state index is 4.63. The van der Waals surface area contributed by atoms with Crippen molar-refractivity contribution in [2.45, 2.75) is 13.8 Å². The van der Waals surface area contributed by atoms with Crippen molar-refractivity contribution in [1.29, 1.82) is 0 Å². The maximum Gasteiger partial charge on any atom is 0.270 e. The van der Waals surface area contributed by atoms with Crippen molar-refractivity contribution in [3.8, 4) is 11.4 Å². The van der Waals surface area contributed by atoms with E-state index < -0.39 is 0 Å². The molecule has 102 valence electrons. The fourth-order valence-corrected chi connectivity index (χ4v) is 2.23. The van der Waals surface area contributed by atoms with Crippen LogP contribution in [0, 0.1) is 13.8 Å². The summed E-state index contributed by atoms with van der Waals surface area (Å²) in [5.74, 6) is 0. The van der Waals surface area contributed by atoms with Gasteiger partial charge in [0.2, 0.25) is 12.7 Å². The van der Waals surface area contributed by atoms with E-state index in [0.29, 0.717) is 0 Å². The summed E-state index contributed by atoms with van der Waals surface area (Å²) < 4.78 is 7.44. The van der Waals surface area contributed by atoms with Crippen LogP contribution < -0.4 is 9.36 Å². The first-order chi connectivity index (χ1) is 9.54. The highest BCUT2D eigenvalue weighted by atomic mass is 15.3. The summed E-state index contributed by atoms with van der Waals surface area (Å²) in [7, 11) is 3.79. The third kappa shape index (κ3) is 2.07. The highest BCUT2D eigenvalue weighted by molar-refractivity contribution is 5.48. The lowest BCUT2D eigenvalue weighted by molar-refractivity contribution is -0.728. The van der Waals surface area contributed by atoms with E-state index in [1.165, 1.54) is 0 Å². The molecule has 0 atom stereocenters. The Bertz CT molecular complexity index is 707. The molecule has 0 spiro atoms. The molecule has 0 N–H and O–H groups in total. The van der Waals surface area contributed by atoms with E-state index in [4.69, 9.17) is 0 Å². The monoisotopic (exact) mass is 271 g/mol. The van der Waals surface area contributed by atoms with Gasteiger partial charge in [0.15, 0.2) is 11.4 Å². The topological polar surface area (TPSA) is 56.3 Å². The third-order valence-electron chi connectivity index (χ3n) is 3.21. The molecule has 3 aromatic heterocycles. The first-order valence-corrected chi connectivity index (χ1v) is 6.33. The number of aryl methyl sites for hydroxylation is 4. The van der Waals surface area contributed by atoms with Gasteiger partial charge in [0, 0.05) is 6.07 Å². The fourth-order valence-electron chi connectivity index (χ4n) is 2.23. The number of hydrogen-bond acceptors (Lipinski definition) is 3. The minimum atomic E-state index is 0.966. The van der Waals surface area contributed by atoms with E-state index in [1.54, 1.807) is 22.0 Å². The van der Waals surface area contributed by atoms with Gasteiger partial charge in [-0.1, -0.05) is 0 Å². The van der Waals surface area contributed by atoms with Crippen LogP contribution in [0.1, 0.15) is 11.4 Å². The van der Waals surface area contributed by atoms with Gasteiger partial charge in [-0.25, -0.2) is 4.98 Å². The molecule has 0 radical (unpaired) electrons. The SMILES string of the molecule is Cc1nc(C)c(-n2cn[n+](C)c2)cc1-n1cn[n+](C)c1. The second-order valence-electron chi connectivity index (χ2n) is 4.85. The van der Waals surface area contributed by atoms with Crippen molar-refractivity contribution in [2.75, 3.05) is 0 Å². The number of rotatable bonds is 2. The fraction of sp³-hybridized carbons (Fsp3) is 0.308. The number of pyridine rings is 1. The minimum Gasteiger partial charge on any atom is -0.250 e. The van der Waals surface area contributed by atoms with Gasteiger partial charge in [-0.05, 0) is 24.0 Å². The summed E-state index contributed by atoms with van der Waals surface area (Å²) in [5, 5.41) is 8.38. The predicted octanol–water partition coefficient (Wildman–Crippen LogP) is -0.281. The van der Waals surface area contributed by atoms with Crippen LogP contribution >= 0.6 is 0 Å². The van der Waals surface area contributed by atoms with Gasteiger partial charge in [-0.15, -0.1) is 9.36 Å². The van der Waals surface area contributed by atoms with Crippen LogP contribution in [0.15, 0.2) is 31.4 Å². The van der Waals surface area contributed by atoms with Gasteiger partial charge in [0.05, 0.1) is 11.4 Å². The van der Waals surface area contributed by atoms with Crippen LogP contribution in [0.5, 0.6) is 0 Å². The van der Waals surface area contributed by atoms with Crippen LogP contribution in [-0.2, 0) is 14.1 Å². The Balaban J connectivity index is 2.17. The third-order valence-corrected chi connectivity index (χ3v) is 3.21. The second kappa shape index (κ2) is 4.52. The van der Waals surface area contributed by atoms with E-state index in [2.05, 4.69) is 21.2 Å². The molecule has 0 amide bonds. The molecule has 0 saturated carbocycles. The Kier molecular flexibility index (Phi) is 2.81. The predicted molar refractivity (Wildman–Crippen MR) is 70.3 cm³/mol. The normalized spacial score (nSPS) is 11.0. The number of hydrogen-bond donors (Lipinski definition) is 0. The minimum absolute atomic E-state index is 0.966. The Morgan fingerprint density at radius 1 is 0.850 bits per heavy atom. The summed E-state index contributed by atoms with van der Waals surface area (Å²) in [4.78, 5) is 4.63. The molecule has 0 unspecified atom stereocenters. The quantitative estimate of drug-likeness (QED) is 0.602. The zero-order chi connectivity index (χ0) is 14.3. The molecule has 0 fully saturated rings. The molecule has 0 aromatic carbocycles. The standard InChI is InChI=1S/C13H17N7/c1-10-12(19-6-14-17(3)8-19)5-13(11(2)16-10)20-7-15-18(4)9-20/h5-9H,1-4H3/q+2. The second-order valence-corrected chi connectivity index (χ2v) is 4.85. The summed E-state index contributed by atoms with van der Waals surface area (Å²) >= 11 is 0. The Hall–Kier alpha value is -2.57. The largest absolute Gasteiger partial charge is 0.270 e. The average molecular weight is 271 g/mol. The summed E-state index contributed by atoms with van der Waals surface area (Å²) in [6, 6.07) is 2.10. The molecule has 3 heterocycles. The van der Waals surface area contributed by atoms with Crippen LogP contribution in [0.4, 0.5) is 0 Å². The zero-order valence-corrected chi connectivity index (χ0v) is 12.0. The van der Waals surface area contributed by atoms with E-state index in [0.717, 1.165) is 22.8 Å². The Morgan fingerprint density at radius 3 is 1.65 bits per heavy atom. The van der Waals surface area contributed by atoms with Crippen molar-refractivity contribution >= 4 is 0 Å². The van der Waals surface area contributed by atoms with Crippen molar-refractivity contribution < 1.29 is 9.36 Å². The van der Waals surface area contributed by atoms with E-state index in [-0.39, 0.29) is 0 Å². The molecule has 0 aliphatic carbocycles. The van der Waals surface area contributed by atoms with Crippen LogP contribution in [0.25, 0.3) is 11.4 Å². The molecule has 3 aromatic rings. The van der Waals surface area contributed by atoms with Gasteiger partial charge >= 0.3 is 0 Å². The molecule has 3 rings (SSSR count). The van der Waals surface area contributed by atoms with Crippen LogP contribution in [0.3, 0.4) is 0 Å². The van der Waals surface area contributed by atoms with E-state index in [9.17, 15) is 0 Å². The van der Waals surface area contributed by atoms with Crippen molar-refractivity contribution in [3.05, 3.63) is 42.8 Å². The highest BCUT2D eigenvalue weighted by Crippen LogP contribution is 2.18.